The number of rotatable bonds is 4. The molecule has 0 fully saturated rings. The summed E-state index contributed by atoms with van der Waals surface area (Å²) in [5.41, 5.74) is -0.594. The summed E-state index contributed by atoms with van der Waals surface area (Å²) in [6, 6.07) is 10.6. The van der Waals surface area contributed by atoms with E-state index >= 15 is 0 Å². The minimum Gasteiger partial charge on any atom is -0.375 e. The van der Waals surface area contributed by atoms with E-state index in [1.165, 1.54) is 16.2 Å². The largest absolute Gasteiger partial charge is 0.375 e. The van der Waals surface area contributed by atoms with Crippen molar-refractivity contribution in [2.75, 3.05) is 11.4 Å². The van der Waals surface area contributed by atoms with Gasteiger partial charge in [-0.2, -0.15) is 0 Å². The zero-order valence-corrected chi connectivity index (χ0v) is 14.3. The third-order valence-corrected chi connectivity index (χ3v) is 5.48. The van der Waals surface area contributed by atoms with Crippen molar-refractivity contribution >= 4 is 44.6 Å². The maximum Gasteiger partial charge on any atom is 0.264 e. The lowest BCUT2D eigenvalue weighted by atomic mass is 9.89. The van der Waals surface area contributed by atoms with E-state index in [1.807, 2.05) is 13.0 Å². The first-order chi connectivity index (χ1) is 10.5. The number of carbonyl (C=O) groups excluding carboxylic acids is 2. The van der Waals surface area contributed by atoms with Gasteiger partial charge >= 0.3 is 0 Å². The SMILES string of the molecule is CCN1C(=O)[C@](O)(CC(=O)c2ccc(Br)s2)c2ccccc21. The molecule has 0 bridgehead atoms. The molecule has 6 heteroatoms. The Hall–Kier alpha value is -1.50. The molecular weight excluding hydrogens is 366 g/mol. The molecule has 1 aliphatic heterocycles. The first-order valence-electron chi connectivity index (χ1n) is 6.89. The zero-order chi connectivity index (χ0) is 15.9. The number of amides is 1. The maximum absolute atomic E-state index is 12.6. The van der Waals surface area contributed by atoms with E-state index in [2.05, 4.69) is 15.9 Å². The first kappa shape index (κ1) is 15.4. The molecule has 2 heterocycles. The van der Waals surface area contributed by atoms with Gasteiger partial charge < -0.3 is 10.0 Å². The van der Waals surface area contributed by atoms with Crippen LogP contribution in [-0.2, 0) is 10.4 Å². The average molecular weight is 380 g/mol. The Bertz CT molecular complexity index is 757. The maximum atomic E-state index is 12.6. The van der Waals surface area contributed by atoms with Crippen molar-refractivity contribution in [2.45, 2.75) is 18.9 Å². The molecule has 0 unspecified atom stereocenters. The number of ketones is 1. The number of fused-ring (bicyclic) bond motifs is 1. The lowest BCUT2D eigenvalue weighted by Gasteiger charge is -2.21. The fourth-order valence-electron chi connectivity index (χ4n) is 2.78. The number of nitrogens with zero attached hydrogens (tertiary/aromatic N) is 1. The highest BCUT2D eigenvalue weighted by molar-refractivity contribution is 9.11. The molecule has 2 aromatic rings. The second-order valence-corrected chi connectivity index (χ2v) is 7.59. The predicted molar refractivity (Wildman–Crippen MR) is 89.3 cm³/mol. The number of carbonyl (C=O) groups is 2. The van der Waals surface area contributed by atoms with Gasteiger partial charge in [0.05, 0.1) is 20.8 Å². The molecule has 0 aliphatic carbocycles. The lowest BCUT2D eigenvalue weighted by molar-refractivity contribution is -0.135. The number of Topliss-reactive ketones (excluding diaryl/α,β-unsaturated/α-hetero) is 1. The Labute approximate surface area is 140 Å². The van der Waals surface area contributed by atoms with Crippen LogP contribution in [-0.4, -0.2) is 23.3 Å². The van der Waals surface area contributed by atoms with E-state index in [0.29, 0.717) is 22.7 Å². The molecule has 22 heavy (non-hydrogen) atoms. The Morgan fingerprint density at radius 3 is 2.68 bits per heavy atom. The van der Waals surface area contributed by atoms with E-state index in [-0.39, 0.29) is 12.2 Å². The standard InChI is InChI=1S/C16H14BrNO3S/c1-2-18-11-6-4-3-5-10(11)16(21,15(18)20)9-12(19)13-7-8-14(17)22-13/h3-8,21H,2,9H2,1H3/t16-/m0/s1. The van der Waals surface area contributed by atoms with Crippen LogP contribution in [0.3, 0.4) is 0 Å². The third kappa shape index (κ3) is 2.31. The van der Waals surface area contributed by atoms with Crippen molar-refractivity contribution in [3.63, 3.8) is 0 Å². The number of benzene rings is 1. The fraction of sp³-hybridized carbons (Fsp3) is 0.250. The highest BCUT2D eigenvalue weighted by Crippen LogP contribution is 2.43. The van der Waals surface area contributed by atoms with Crippen molar-refractivity contribution in [2.24, 2.45) is 0 Å². The van der Waals surface area contributed by atoms with Crippen molar-refractivity contribution in [1.29, 1.82) is 0 Å². The summed E-state index contributed by atoms with van der Waals surface area (Å²) >= 11 is 4.61. The summed E-state index contributed by atoms with van der Waals surface area (Å²) in [6.07, 6.45) is -0.244. The minimum atomic E-state index is -1.78. The van der Waals surface area contributed by atoms with Crippen LogP contribution in [0.5, 0.6) is 0 Å². The summed E-state index contributed by atoms with van der Waals surface area (Å²) in [5.74, 6) is -0.667. The third-order valence-electron chi connectivity index (χ3n) is 3.82. The van der Waals surface area contributed by atoms with Crippen LogP contribution in [0.15, 0.2) is 40.2 Å². The van der Waals surface area contributed by atoms with E-state index in [1.54, 1.807) is 30.3 Å². The second kappa shape index (κ2) is 5.61. The van der Waals surface area contributed by atoms with Gasteiger partial charge in [-0.15, -0.1) is 11.3 Å². The smallest absolute Gasteiger partial charge is 0.264 e. The number of anilines is 1. The molecule has 0 saturated heterocycles. The molecule has 1 N–H and O–H groups in total. The van der Waals surface area contributed by atoms with Gasteiger partial charge in [-0.25, -0.2) is 0 Å². The average Bonchev–Trinajstić information content (AvgIpc) is 3.02. The van der Waals surface area contributed by atoms with Gasteiger partial charge in [0.1, 0.15) is 0 Å². The number of hydrogen-bond donors (Lipinski definition) is 1. The molecule has 0 radical (unpaired) electrons. The Kier molecular flexibility index (Phi) is 3.92. The second-order valence-electron chi connectivity index (χ2n) is 5.13. The van der Waals surface area contributed by atoms with Crippen LogP contribution < -0.4 is 4.90 Å². The molecular formula is C16H14BrNO3S. The number of hydrogen-bond acceptors (Lipinski definition) is 4. The number of para-hydroxylation sites is 1. The molecule has 0 spiro atoms. The number of thiophene rings is 1. The van der Waals surface area contributed by atoms with Crippen molar-refractivity contribution in [3.8, 4) is 0 Å². The molecule has 4 nitrogen and oxygen atoms in total. The molecule has 1 aromatic heterocycles. The van der Waals surface area contributed by atoms with Crippen LogP contribution in [0.2, 0.25) is 0 Å². The van der Waals surface area contributed by atoms with Crippen molar-refractivity contribution in [1.82, 2.24) is 0 Å². The molecule has 1 amide bonds. The Morgan fingerprint density at radius 2 is 2.05 bits per heavy atom. The molecule has 1 atom stereocenters. The fourth-order valence-corrected chi connectivity index (χ4v) is 4.10. The first-order valence-corrected chi connectivity index (χ1v) is 8.50. The van der Waals surface area contributed by atoms with E-state index in [9.17, 15) is 14.7 Å². The van der Waals surface area contributed by atoms with E-state index in [4.69, 9.17) is 0 Å². The molecule has 1 aliphatic rings. The zero-order valence-electron chi connectivity index (χ0n) is 11.9. The van der Waals surface area contributed by atoms with Crippen molar-refractivity contribution in [3.05, 3.63) is 50.6 Å². The van der Waals surface area contributed by atoms with Crippen LogP contribution in [0, 0.1) is 0 Å². The monoisotopic (exact) mass is 379 g/mol. The molecule has 3 rings (SSSR count). The minimum absolute atomic E-state index is 0.237. The Balaban J connectivity index is 1.98. The summed E-state index contributed by atoms with van der Waals surface area (Å²) < 4.78 is 0.844. The molecule has 0 saturated carbocycles. The molecule has 1 aromatic carbocycles. The van der Waals surface area contributed by atoms with Gasteiger partial charge in [0.25, 0.3) is 5.91 Å². The van der Waals surface area contributed by atoms with E-state index < -0.39 is 11.5 Å². The van der Waals surface area contributed by atoms with Gasteiger partial charge in [0, 0.05) is 12.1 Å². The predicted octanol–water partition coefficient (Wildman–Crippen LogP) is 3.34. The summed E-state index contributed by atoms with van der Waals surface area (Å²) in [6.45, 7) is 2.30. The highest BCUT2D eigenvalue weighted by atomic mass is 79.9. The number of likely N-dealkylation sites (N-methyl/N-ethyl adjacent to an activating group) is 1. The lowest BCUT2D eigenvalue weighted by Crippen LogP contribution is -2.41. The van der Waals surface area contributed by atoms with E-state index in [0.717, 1.165) is 3.79 Å². The number of aliphatic hydroxyl groups is 1. The van der Waals surface area contributed by atoms with Gasteiger partial charge in [-0.1, -0.05) is 18.2 Å². The summed E-state index contributed by atoms with van der Waals surface area (Å²) in [5, 5.41) is 10.9. The van der Waals surface area contributed by atoms with Gasteiger partial charge in [-0.3, -0.25) is 9.59 Å². The normalized spacial score (nSPS) is 20.3. The molecule has 114 valence electrons. The van der Waals surface area contributed by atoms with Gasteiger partial charge in [0.15, 0.2) is 11.4 Å². The topological polar surface area (TPSA) is 57.6 Å². The van der Waals surface area contributed by atoms with Crippen LogP contribution in [0.4, 0.5) is 5.69 Å². The van der Waals surface area contributed by atoms with Gasteiger partial charge in [-0.05, 0) is 41.1 Å². The van der Waals surface area contributed by atoms with Crippen LogP contribution in [0.1, 0.15) is 28.6 Å². The summed E-state index contributed by atoms with van der Waals surface area (Å²) in [7, 11) is 0. The van der Waals surface area contributed by atoms with Gasteiger partial charge in [0.2, 0.25) is 0 Å². The van der Waals surface area contributed by atoms with Crippen molar-refractivity contribution < 1.29 is 14.7 Å². The van der Waals surface area contributed by atoms with Crippen LogP contribution >= 0.6 is 27.3 Å². The quantitative estimate of drug-likeness (QED) is 0.828. The number of halogens is 1. The Morgan fingerprint density at radius 1 is 1.32 bits per heavy atom. The highest BCUT2D eigenvalue weighted by Gasteiger charge is 2.50. The summed E-state index contributed by atoms with van der Waals surface area (Å²) in [4.78, 5) is 27.1. The van der Waals surface area contributed by atoms with Crippen LogP contribution in [0.25, 0.3) is 0 Å².